The standard InChI is InChI=1S/C15H15BrFNO/c1-2-10-4-3-7-18-15(10)14(19)8-11-5-6-12(17)9-13(11)16/h3-7,9,14,19H,2,8H2,1H3. The van der Waals surface area contributed by atoms with Crippen LogP contribution in [0.2, 0.25) is 0 Å². The second-order valence-electron chi connectivity index (χ2n) is 4.36. The molecule has 0 aliphatic carbocycles. The monoisotopic (exact) mass is 323 g/mol. The van der Waals surface area contributed by atoms with Crippen LogP contribution in [0.5, 0.6) is 0 Å². The van der Waals surface area contributed by atoms with E-state index in [2.05, 4.69) is 20.9 Å². The normalized spacial score (nSPS) is 12.4. The summed E-state index contributed by atoms with van der Waals surface area (Å²) in [5.41, 5.74) is 2.59. The van der Waals surface area contributed by atoms with Crippen molar-refractivity contribution in [2.75, 3.05) is 0 Å². The predicted molar refractivity (Wildman–Crippen MR) is 76.4 cm³/mol. The van der Waals surface area contributed by atoms with E-state index in [-0.39, 0.29) is 5.82 Å². The van der Waals surface area contributed by atoms with Gasteiger partial charge in [0.2, 0.25) is 0 Å². The number of aryl methyl sites for hydroxylation is 1. The Morgan fingerprint density at radius 3 is 2.79 bits per heavy atom. The average molecular weight is 324 g/mol. The first kappa shape index (κ1) is 14.2. The van der Waals surface area contributed by atoms with Crippen molar-refractivity contribution >= 4 is 15.9 Å². The number of hydrogen-bond acceptors (Lipinski definition) is 2. The third-order valence-corrected chi connectivity index (χ3v) is 3.79. The molecule has 4 heteroatoms. The fourth-order valence-corrected chi connectivity index (χ4v) is 2.55. The van der Waals surface area contributed by atoms with E-state index in [1.165, 1.54) is 12.1 Å². The van der Waals surface area contributed by atoms with Gasteiger partial charge in [-0.2, -0.15) is 0 Å². The minimum Gasteiger partial charge on any atom is -0.386 e. The Morgan fingerprint density at radius 1 is 1.32 bits per heavy atom. The molecule has 2 rings (SSSR count). The third-order valence-electron chi connectivity index (χ3n) is 3.05. The van der Waals surface area contributed by atoms with Gasteiger partial charge < -0.3 is 5.11 Å². The molecule has 1 N–H and O–H groups in total. The van der Waals surface area contributed by atoms with Gasteiger partial charge in [-0.05, 0) is 35.7 Å². The summed E-state index contributed by atoms with van der Waals surface area (Å²) in [6.45, 7) is 2.03. The number of pyridine rings is 1. The zero-order valence-electron chi connectivity index (χ0n) is 10.6. The lowest BCUT2D eigenvalue weighted by atomic mass is 10.0. The topological polar surface area (TPSA) is 33.1 Å². The number of halogens is 2. The van der Waals surface area contributed by atoms with E-state index >= 15 is 0 Å². The molecule has 100 valence electrons. The van der Waals surface area contributed by atoms with Crippen LogP contribution in [0.4, 0.5) is 4.39 Å². The van der Waals surface area contributed by atoms with Crippen molar-refractivity contribution in [1.29, 1.82) is 0 Å². The summed E-state index contributed by atoms with van der Waals surface area (Å²) in [6.07, 6.45) is 2.23. The zero-order chi connectivity index (χ0) is 13.8. The summed E-state index contributed by atoms with van der Waals surface area (Å²) in [4.78, 5) is 4.25. The SMILES string of the molecule is CCc1cccnc1C(O)Cc1ccc(F)cc1Br. The second kappa shape index (κ2) is 6.26. The Morgan fingerprint density at radius 2 is 2.11 bits per heavy atom. The van der Waals surface area contributed by atoms with Crippen LogP contribution < -0.4 is 0 Å². The molecule has 0 amide bonds. The van der Waals surface area contributed by atoms with Crippen molar-refractivity contribution in [1.82, 2.24) is 4.98 Å². The number of benzene rings is 1. The van der Waals surface area contributed by atoms with Gasteiger partial charge in [-0.3, -0.25) is 4.98 Å². The summed E-state index contributed by atoms with van der Waals surface area (Å²) in [6, 6.07) is 8.30. The number of nitrogens with zero attached hydrogens (tertiary/aromatic N) is 1. The summed E-state index contributed by atoms with van der Waals surface area (Å²) >= 11 is 3.31. The van der Waals surface area contributed by atoms with Gasteiger partial charge in [0.1, 0.15) is 11.9 Å². The van der Waals surface area contributed by atoms with Gasteiger partial charge >= 0.3 is 0 Å². The van der Waals surface area contributed by atoms with Gasteiger partial charge in [0, 0.05) is 17.1 Å². The van der Waals surface area contributed by atoms with Crippen LogP contribution in [0.1, 0.15) is 29.8 Å². The van der Waals surface area contributed by atoms with Crippen molar-refractivity contribution in [3.05, 3.63) is 63.6 Å². The molecule has 0 aliphatic heterocycles. The number of rotatable bonds is 4. The van der Waals surface area contributed by atoms with Crippen LogP contribution in [0.15, 0.2) is 41.0 Å². The van der Waals surface area contributed by atoms with Gasteiger partial charge in [-0.25, -0.2) is 4.39 Å². The average Bonchev–Trinajstić information content (AvgIpc) is 2.41. The molecule has 0 saturated heterocycles. The van der Waals surface area contributed by atoms with E-state index in [1.54, 1.807) is 12.3 Å². The van der Waals surface area contributed by atoms with Gasteiger partial charge in [0.15, 0.2) is 0 Å². The highest BCUT2D eigenvalue weighted by Gasteiger charge is 2.15. The molecule has 1 heterocycles. The summed E-state index contributed by atoms with van der Waals surface area (Å²) in [7, 11) is 0. The smallest absolute Gasteiger partial charge is 0.124 e. The lowest BCUT2D eigenvalue weighted by molar-refractivity contribution is 0.172. The zero-order valence-corrected chi connectivity index (χ0v) is 12.2. The Balaban J connectivity index is 2.23. The first-order valence-corrected chi connectivity index (χ1v) is 6.97. The summed E-state index contributed by atoms with van der Waals surface area (Å²) < 4.78 is 13.7. The predicted octanol–water partition coefficient (Wildman–Crippen LogP) is 3.82. The molecule has 0 spiro atoms. The molecule has 0 fully saturated rings. The fourth-order valence-electron chi connectivity index (χ4n) is 2.04. The van der Waals surface area contributed by atoms with Gasteiger partial charge in [-0.1, -0.05) is 35.0 Å². The molecule has 2 nitrogen and oxygen atoms in total. The van der Waals surface area contributed by atoms with Crippen LogP contribution in [-0.2, 0) is 12.8 Å². The fraction of sp³-hybridized carbons (Fsp3) is 0.267. The van der Waals surface area contributed by atoms with E-state index in [0.29, 0.717) is 16.6 Å². The molecule has 0 bridgehead atoms. The molecule has 0 radical (unpaired) electrons. The minimum atomic E-state index is -0.682. The highest BCUT2D eigenvalue weighted by Crippen LogP contribution is 2.25. The number of aliphatic hydroxyl groups is 1. The number of aliphatic hydroxyl groups excluding tert-OH is 1. The molecule has 1 unspecified atom stereocenters. The number of aromatic nitrogens is 1. The molecule has 0 saturated carbocycles. The van der Waals surface area contributed by atoms with Gasteiger partial charge in [-0.15, -0.1) is 0 Å². The van der Waals surface area contributed by atoms with Crippen LogP contribution in [-0.4, -0.2) is 10.1 Å². The lowest BCUT2D eigenvalue weighted by Gasteiger charge is -2.14. The molecular weight excluding hydrogens is 309 g/mol. The molecule has 0 aliphatic rings. The van der Waals surface area contributed by atoms with Gasteiger partial charge in [0.25, 0.3) is 0 Å². The highest BCUT2D eigenvalue weighted by atomic mass is 79.9. The molecule has 1 aromatic carbocycles. The molecule has 1 aromatic heterocycles. The van der Waals surface area contributed by atoms with Crippen LogP contribution in [0.3, 0.4) is 0 Å². The van der Waals surface area contributed by atoms with Crippen molar-refractivity contribution in [3.8, 4) is 0 Å². The van der Waals surface area contributed by atoms with Crippen molar-refractivity contribution < 1.29 is 9.50 Å². The summed E-state index contributed by atoms with van der Waals surface area (Å²) in [5.74, 6) is -0.294. The van der Waals surface area contributed by atoms with Crippen LogP contribution >= 0.6 is 15.9 Å². The quantitative estimate of drug-likeness (QED) is 0.927. The summed E-state index contributed by atoms with van der Waals surface area (Å²) in [5, 5.41) is 10.3. The van der Waals surface area contributed by atoms with E-state index in [1.807, 2.05) is 19.1 Å². The van der Waals surface area contributed by atoms with Crippen molar-refractivity contribution in [2.24, 2.45) is 0 Å². The van der Waals surface area contributed by atoms with E-state index in [0.717, 1.165) is 17.5 Å². The largest absolute Gasteiger partial charge is 0.386 e. The highest BCUT2D eigenvalue weighted by molar-refractivity contribution is 9.10. The molecular formula is C15H15BrFNO. The third kappa shape index (κ3) is 3.39. The lowest BCUT2D eigenvalue weighted by Crippen LogP contribution is -2.08. The maximum Gasteiger partial charge on any atom is 0.124 e. The Bertz CT molecular complexity index is 574. The van der Waals surface area contributed by atoms with E-state index < -0.39 is 6.10 Å². The van der Waals surface area contributed by atoms with Crippen molar-refractivity contribution in [2.45, 2.75) is 25.9 Å². The Labute approximate surface area is 120 Å². The maximum atomic E-state index is 13.0. The molecule has 2 aromatic rings. The number of hydrogen-bond donors (Lipinski definition) is 1. The van der Waals surface area contributed by atoms with E-state index in [9.17, 15) is 9.50 Å². The van der Waals surface area contributed by atoms with Crippen LogP contribution in [0, 0.1) is 5.82 Å². The first-order valence-electron chi connectivity index (χ1n) is 6.17. The van der Waals surface area contributed by atoms with Crippen LogP contribution in [0.25, 0.3) is 0 Å². The molecule has 1 atom stereocenters. The molecule has 19 heavy (non-hydrogen) atoms. The maximum absolute atomic E-state index is 13.0. The van der Waals surface area contributed by atoms with E-state index in [4.69, 9.17) is 0 Å². The Kier molecular flexibility index (Phi) is 4.66. The van der Waals surface area contributed by atoms with Gasteiger partial charge in [0.05, 0.1) is 5.69 Å². The Hall–Kier alpha value is -1.26. The first-order chi connectivity index (χ1) is 9.11. The minimum absolute atomic E-state index is 0.294. The van der Waals surface area contributed by atoms with Crippen molar-refractivity contribution in [3.63, 3.8) is 0 Å². The second-order valence-corrected chi connectivity index (χ2v) is 5.21.